The summed E-state index contributed by atoms with van der Waals surface area (Å²) < 4.78 is 25.9. The number of amides is 1. The van der Waals surface area contributed by atoms with Gasteiger partial charge in [0.05, 0.1) is 4.90 Å². The van der Waals surface area contributed by atoms with Gasteiger partial charge in [-0.05, 0) is 38.1 Å². The Morgan fingerprint density at radius 3 is 2.58 bits per heavy atom. The van der Waals surface area contributed by atoms with Crippen molar-refractivity contribution in [2.24, 2.45) is 0 Å². The van der Waals surface area contributed by atoms with E-state index in [0.29, 0.717) is 17.7 Å². The standard InChI is InChI=1S/C13H20N2O3S/c1-4-5-6-13(16)15-11-8-7-10(2)12(9-11)19(17,18)14-3/h7-9,14H,4-6H2,1-3H3,(H,15,16). The van der Waals surface area contributed by atoms with Gasteiger partial charge < -0.3 is 5.32 Å². The number of aryl methyl sites for hydroxylation is 1. The Morgan fingerprint density at radius 2 is 2.00 bits per heavy atom. The van der Waals surface area contributed by atoms with Crippen LogP contribution in [0.4, 0.5) is 5.69 Å². The van der Waals surface area contributed by atoms with Crippen LogP contribution in [0.15, 0.2) is 23.1 Å². The van der Waals surface area contributed by atoms with Crippen molar-refractivity contribution in [1.82, 2.24) is 4.72 Å². The molecule has 1 aromatic carbocycles. The molecule has 6 heteroatoms. The van der Waals surface area contributed by atoms with Crippen LogP contribution < -0.4 is 10.0 Å². The van der Waals surface area contributed by atoms with Crippen LogP contribution in [-0.2, 0) is 14.8 Å². The van der Waals surface area contributed by atoms with Crippen LogP contribution in [0.3, 0.4) is 0 Å². The molecule has 0 aliphatic rings. The number of rotatable bonds is 6. The first-order valence-corrected chi connectivity index (χ1v) is 7.73. The quantitative estimate of drug-likeness (QED) is 0.839. The molecule has 0 aliphatic heterocycles. The van der Waals surface area contributed by atoms with Gasteiger partial charge in [-0.1, -0.05) is 19.4 Å². The van der Waals surface area contributed by atoms with E-state index >= 15 is 0 Å². The number of sulfonamides is 1. The zero-order valence-electron chi connectivity index (χ0n) is 11.5. The average Bonchev–Trinajstić information content (AvgIpc) is 2.38. The molecule has 1 amide bonds. The molecule has 0 atom stereocenters. The number of hydrogen-bond donors (Lipinski definition) is 2. The Hall–Kier alpha value is -1.40. The highest BCUT2D eigenvalue weighted by Gasteiger charge is 2.15. The van der Waals surface area contributed by atoms with Gasteiger partial charge in [-0.15, -0.1) is 0 Å². The number of anilines is 1. The first-order valence-electron chi connectivity index (χ1n) is 6.24. The van der Waals surface area contributed by atoms with Crippen LogP contribution in [0.1, 0.15) is 31.7 Å². The summed E-state index contributed by atoms with van der Waals surface area (Å²) in [6.07, 6.45) is 2.21. The number of hydrogen-bond acceptors (Lipinski definition) is 3. The molecule has 1 rings (SSSR count). The maximum atomic E-state index is 11.8. The van der Waals surface area contributed by atoms with Gasteiger partial charge in [-0.2, -0.15) is 0 Å². The second kappa shape index (κ2) is 6.68. The molecule has 106 valence electrons. The molecule has 0 saturated carbocycles. The Labute approximate surface area is 114 Å². The van der Waals surface area contributed by atoms with E-state index in [9.17, 15) is 13.2 Å². The molecule has 2 N–H and O–H groups in total. The second-order valence-corrected chi connectivity index (χ2v) is 6.19. The maximum Gasteiger partial charge on any atom is 0.240 e. The molecular weight excluding hydrogens is 264 g/mol. The van der Waals surface area contributed by atoms with Crippen LogP contribution in [0.5, 0.6) is 0 Å². The number of nitrogens with one attached hydrogen (secondary N) is 2. The normalized spacial score (nSPS) is 11.3. The van der Waals surface area contributed by atoms with Crippen molar-refractivity contribution in [3.63, 3.8) is 0 Å². The summed E-state index contributed by atoms with van der Waals surface area (Å²) in [6.45, 7) is 3.73. The maximum absolute atomic E-state index is 11.8. The van der Waals surface area contributed by atoms with Crippen molar-refractivity contribution in [1.29, 1.82) is 0 Å². The van der Waals surface area contributed by atoms with E-state index in [1.54, 1.807) is 19.1 Å². The predicted octanol–water partition coefficient (Wildman–Crippen LogP) is 2.03. The van der Waals surface area contributed by atoms with E-state index in [-0.39, 0.29) is 10.8 Å². The predicted molar refractivity (Wildman–Crippen MR) is 75.6 cm³/mol. The SMILES string of the molecule is CCCCC(=O)Nc1ccc(C)c(S(=O)(=O)NC)c1. The summed E-state index contributed by atoms with van der Waals surface area (Å²) in [6, 6.07) is 4.86. The van der Waals surface area contributed by atoms with Crippen molar-refractivity contribution in [3.8, 4) is 0 Å². The number of unbranched alkanes of at least 4 members (excludes halogenated alkanes) is 1. The fourth-order valence-corrected chi connectivity index (χ4v) is 2.63. The first-order chi connectivity index (χ1) is 8.90. The van der Waals surface area contributed by atoms with Gasteiger partial charge in [0.15, 0.2) is 0 Å². The summed E-state index contributed by atoms with van der Waals surface area (Å²) in [5.74, 6) is -0.0986. The van der Waals surface area contributed by atoms with Crippen molar-refractivity contribution >= 4 is 21.6 Å². The Balaban J connectivity index is 2.94. The van der Waals surface area contributed by atoms with Crippen LogP contribution in [0.25, 0.3) is 0 Å². The molecule has 0 heterocycles. The van der Waals surface area contributed by atoms with Crippen LogP contribution >= 0.6 is 0 Å². The lowest BCUT2D eigenvalue weighted by Gasteiger charge is -2.10. The van der Waals surface area contributed by atoms with Gasteiger partial charge in [0.25, 0.3) is 0 Å². The summed E-state index contributed by atoms with van der Waals surface area (Å²) >= 11 is 0. The Bertz CT molecular complexity index is 553. The first kappa shape index (κ1) is 15.7. The minimum Gasteiger partial charge on any atom is -0.326 e. The molecule has 19 heavy (non-hydrogen) atoms. The summed E-state index contributed by atoms with van der Waals surface area (Å²) in [4.78, 5) is 11.8. The second-order valence-electron chi connectivity index (χ2n) is 4.34. The molecule has 1 aromatic rings. The Morgan fingerprint density at radius 1 is 1.32 bits per heavy atom. The lowest BCUT2D eigenvalue weighted by Crippen LogP contribution is -2.20. The topological polar surface area (TPSA) is 75.3 Å². The highest BCUT2D eigenvalue weighted by atomic mass is 32.2. The third-order valence-corrected chi connectivity index (χ3v) is 4.34. The minimum atomic E-state index is -3.51. The van der Waals surface area contributed by atoms with E-state index in [1.807, 2.05) is 6.92 Å². The molecule has 0 spiro atoms. The molecule has 0 unspecified atom stereocenters. The van der Waals surface area contributed by atoms with Gasteiger partial charge >= 0.3 is 0 Å². The Kier molecular flexibility index (Phi) is 5.50. The van der Waals surface area contributed by atoms with Crippen molar-refractivity contribution in [2.45, 2.75) is 38.0 Å². The van der Waals surface area contributed by atoms with Gasteiger partial charge in [0.1, 0.15) is 0 Å². The lowest BCUT2D eigenvalue weighted by atomic mass is 10.2. The summed E-state index contributed by atoms with van der Waals surface area (Å²) in [7, 11) is -2.14. The van der Waals surface area contributed by atoms with E-state index < -0.39 is 10.0 Å². The van der Waals surface area contributed by atoms with Crippen molar-refractivity contribution in [2.75, 3.05) is 12.4 Å². The monoisotopic (exact) mass is 284 g/mol. The fraction of sp³-hybridized carbons (Fsp3) is 0.462. The van der Waals surface area contributed by atoms with E-state index in [2.05, 4.69) is 10.0 Å². The number of carbonyl (C=O) groups is 1. The third-order valence-electron chi connectivity index (χ3n) is 2.79. The summed E-state index contributed by atoms with van der Waals surface area (Å²) in [5, 5.41) is 2.71. The van der Waals surface area contributed by atoms with Crippen LogP contribution in [0, 0.1) is 6.92 Å². The van der Waals surface area contributed by atoms with E-state index in [4.69, 9.17) is 0 Å². The zero-order chi connectivity index (χ0) is 14.5. The molecule has 0 bridgehead atoms. The zero-order valence-corrected chi connectivity index (χ0v) is 12.3. The largest absolute Gasteiger partial charge is 0.326 e. The molecule has 0 saturated heterocycles. The van der Waals surface area contributed by atoms with E-state index in [0.717, 1.165) is 12.8 Å². The lowest BCUT2D eigenvalue weighted by molar-refractivity contribution is -0.116. The fourth-order valence-electron chi connectivity index (χ4n) is 1.64. The smallest absolute Gasteiger partial charge is 0.240 e. The number of benzene rings is 1. The van der Waals surface area contributed by atoms with E-state index in [1.165, 1.54) is 13.1 Å². The highest BCUT2D eigenvalue weighted by Crippen LogP contribution is 2.20. The average molecular weight is 284 g/mol. The van der Waals surface area contributed by atoms with Crippen molar-refractivity contribution in [3.05, 3.63) is 23.8 Å². The van der Waals surface area contributed by atoms with Crippen LogP contribution in [0.2, 0.25) is 0 Å². The van der Waals surface area contributed by atoms with Gasteiger partial charge in [-0.25, -0.2) is 13.1 Å². The molecular formula is C13H20N2O3S. The van der Waals surface area contributed by atoms with Gasteiger partial charge in [-0.3, -0.25) is 4.79 Å². The minimum absolute atomic E-state index is 0.0986. The van der Waals surface area contributed by atoms with Crippen molar-refractivity contribution < 1.29 is 13.2 Å². The number of carbonyl (C=O) groups excluding carboxylic acids is 1. The highest BCUT2D eigenvalue weighted by molar-refractivity contribution is 7.89. The molecule has 0 aliphatic carbocycles. The molecule has 0 aromatic heterocycles. The van der Waals surface area contributed by atoms with Crippen LogP contribution in [-0.4, -0.2) is 21.4 Å². The third kappa shape index (κ3) is 4.33. The molecule has 0 radical (unpaired) electrons. The molecule has 0 fully saturated rings. The summed E-state index contributed by atoms with van der Waals surface area (Å²) in [5.41, 5.74) is 1.14. The van der Waals surface area contributed by atoms with Gasteiger partial charge in [0.2, 0.25) is 15.9 Å². The molecule has 5 nitrogen and oxygen atoms in total. The van der Waals surface area contributed by atoms with Gasteiger partial charge in [0, 0.05) is 12.1 Å².